The molecule has 3 N–H and O–H groups in total. The highest BCUT2D eigenvalue weighted by molar-refractivity contribution is 8.00. The molecular weight excluding hydrogens is 282 g/mol. The van der Waals surface area contributed by atoms with E-state index < -0.39 is 18.0 Å². The molecule has 0 radical (unpaired) electrons. The SMILES string of the molecule is CC(=O)NCCNC(=O)N1C(C(=O)O)CSC1C(C)C. The summed E-state index contributed by atoms with van der Waals surface area (Å²) < 4.78 is 0. The molecule has 1 saturated heterocycles. The third-order valence-corrected chi connectivity index (χ3v) is 4.52. The van der Waals surface area contributed by atoms with Gasteiger partial charge in [-0.3, -0.25) is 9.69 Å². The van der Waals surface area contributed by atoms with Crippen LogP contribution in [0.2, 0.25) is 0 Å². The van der Waals surface area contributed by atoms with Gasteiger partial charge in [0.1, 0.15) is 6.04 Å². The number of hydrogen-bond acceptors (Lipinski definition) is 4. The van der Waals surface area contributed by atoms with Crippen molar-refractivity contribution in [3.63, 3.8) is 0 Å². The minimum atomic E-state index is -0.988. The summed E-state index contributed by atoms with van der Waals surface area (Å²) in [6.45, 7) is 5.91. The number of carbonyl (C=O) groups excluding carboxylic acids is 2. The van der Waals surface area contributed by atoms with Gasteiger partial charge in [-0.15, -0.1) is 11.8 Å². The summed E-state index contributed by atoms with van der Waals surface area (Å²) >= 11 is 1.48. The van der Waals surface area contributed by atoms with Crippen LogP contribution in [0, 0.1) is 5.92 Å². The first-order valence-electron chi connectivity index (χ1n) is 6.49. The molecule has 1 aliphatic rings. The predicted molar refractivity (Wildman–Crippen MR) is 76.4 cm³/mol. The van der Waals surface area contributed by atoms with Crippen molar-refractivity contribution in [1.29, 1.82) is 0 Å². The van der Waals surface area contributed by atoms with E-state index in [0.717, 1.165) is 0 Å². The standard InChI is InChI=1S/C12H21N3O4S/c1-7(2)10-15(9(6-20-10)11(17)18)12(19)14-5-4-13-8(3)16/h7,9-10H,4-6H2,1-3H3,(H,13,16)(H,14,19)(H,17,18). The van der Waals surface area contributed by atoms with Crippen LogP contribution in [0.3, 0.4) is 0 Å². The minimum Gasteiger partial charge on any atom is -0.480 e. The lowest BCUT2D eigenvalue weighted by Gasteiger charge is -2.29. The maximum absolute atomic E-state index is 12.1. The fourth-order valence-electron chi connectivity index (χ4n) is 1.99. The molecule has 0 aliphatic carbocycles. The topological polar surface area (TPSA) is 98.7 Å². The monoisotopic (exact) mass is 303 g/mol. The zero-order valence-electron chi connectivity index (χ0n) is 11.9. The van der Waals surface area contributed by atoms with Crippen molar-refractivity contribution < 1.29 is 19.5 Å². The van der Waals surface area contributed by atoms with Gasteiger partial charge < -0.3 is 15.7 Å². The highest BCUT2D eigenvalue weighted by atomic mass is 32.2. The van der Waals surface area contributed by atoms with E-state index in [1.54, 1.807) is 0 Å². The Balaban J connectivity index is 2.60. The fraction of sp³-hybridized carbons (Fsp3) is 0.750. The summed E-state index contributed by atoms with van der Waals surface area (Å²) in [5, 5.41) is 14.3. The number of carboxylic acids is 1. The zero-order valence-corrected chi connectivity index (χ0v) is 12.7. The lowest BCUT2D eigenvalue weighted by molar-refractivity contribution is -0.141. The first kappa shape index (κ1) is 16.6. The second-order valence-corrected chi connectivity index (χ2v) is 6.09. The third-order valence-electron chi connectivity index (χ3n) is 2.90. The van der Waals surface area contributed by atoms with Crippen LogP contribution in [-0.4, -0.2) is 58.2 Å². The first-order chi connectivity index (χ1) is 9.34. The average Bonchev–Trinajstić information content (AvgIpc) is 2.78. The van der Waals surface area contributed by atoms with Crippen LogP contribution in [0.25, 0.3) is 0 Å². The van der Waals surface area contributed by atoms with Crippen LogP contribution < -0.4 is 10.6 Å². The molecule has 1 rings (SSSR count). The molecule has 8 heteroatoms. The Bertz CT molecular complexity index is 389. The Morgan fingerprint density at radius 3 is 2.40 bits per heavy atom. The van der Waals surface area contributed by atoms with Crippen molar-refractivity contribution in [1.82, 2.24) is 15.5 Å². The van der Waals surface area contributed by atoms with Crippen molar-refractivity contribution in [2.45, 2.75) is 32.2 Å². The number of amides is 3. The van der Waals surface area contributed by atoms with Gasteiger partial charge in [0.25, 0.3) is 0 Å². The molecular formula is C12H21N3O4S. The number of carboxylic acid groups (broad SMARTS) is 1. The number of rotatable bonds is 5. The number of nitrogens with zero attached hydrogens (tertiary/aromatic N) is 1. The molecule has 2 atom stereocenters. The van der Waals surface area contributed by atoms with Crippen molar-refractivity contribution in [3.05, 3.63) is 0 Å². The molecule has 0 aromatic heterocycles. The number of thioether (sulfide) groups is 1. The summed E-state index contributed by atoms with van der Waals surface area (Å²) in [5.74, 6) is -0.584. The van der Waals surface area contributed by atoms with Crippen LogP contribution in [0.15, 0.2) is 0 Å². The molecule has 0 aromatic carbocycles. The van der Waals surface area contributed by atoms with Gasteiger partial charge in [-0.05, 0) is 5.92 Å². The van der Waals surface area contributed by atoms with E-state index in [0.29, 0.717) is 12.3 Å². The van der Waals surface area contributed by atoms with Gasteiger partial charge in [0.2, 0.25) is 5.91 Å². The molecule has 0 aromatic rings. The minimum absolute atomic E-state index is 0.142. The van der Waals surface area contributed by atoms with E-state index in [2.05, 4.69) is 10.6 Å². The van der Waals surface area contributed by atoms with E-state index in [1.807, 2.05) is 13.8 Å². The lowest BCUT2D eigenvalue weighted by atomic mass is 10.2. The van der Waals surface area contributed by atoms with Gasteiger partial charge >= 0.3 is 12.0 Å². The number of aliphatic carboxylic acids is 1. The number of carbonyl (C=O) groups is 3. The van der Waals surface area contributed by atoms with Gasteiger partial charge in [0, 0.05) is 25.8 Å². The number of hydrogen-bond donors (Lipinski definition) is 3. The summed E-state index contributed by atoms with van der Waals surface area (Å²) in [5.41, 5.74) is 0. The summed E-state index contributed by atoms with van der Waals surface area (Å²) in [4.78, 5) is 35.5. The van der Waals surface area contributed by atoms with Gasteiger partial charge in [-0.25, -0.2) is 9.59 Å². The predicted octanol–water partition coefficient (Wildman–Crippen LogP) is 0.316. The summed E-state index contributed by atoms with van der Waals surface area (Å²) in [6.07, 6.45) is 0. The second kappa shape index (κ2) is 7.37. The number of urea groups is 1. The smallest absolute Gasteiger partial charge is 0.327 e. The van der Waals surface area contributed by atoms with E-state index >= 15 is 0 Å². The quantitative estimate of drug-likeness (QED) is 0.635. The van der Waals surface area contributed by atoms with Crippen LogP contribution >= 0.6 is 11.8 Å². The largest absolute Gasteiger partial charge is 0.480 e. The normalized spacial score (nSPS) is 21.9. The Hall–Kier alpha value is -1.44. The first-order valence-corrected chi connectivity index (χ1v) is 7.54. The molecule has 114 valence electrons. The van der Waals surface area contributed by atoms with Gasteiger partial charge in [0.15, 0.2) is 0 Å². The fourth-order valence-corrected chi connectivity index (χ4v) is 3.46. The molecule has 1 aliphatic heterocycles. The summed E-state index contributed by atoms with van der Waals surface area (Å²) in [7, 11) is 0. The van der Waals surface area contributed by atoms with Crippen molar-refractivity contribution in [3.8, 4) is 0 Å². The van der Waals surface area contributed by atoms with Crippen LogP contribution in [0.5, 0.6) is 0 Å². The van der Waals surface area contributed by atoms with Crippen molar-refractivity contribution in [2.24, 2.45) is 5.92 Å². The zero-order chi connectivity index (χ0) is 15.3. The molecule has 0 bridgehead atoms. The van der Waals surface area contributed by atoms with E-state index in [-0.39, 0.29) is 23.7 Å². The van der Waals surface area contributed by atoms with E-state index in [9.17, 15) is 19.5 Å². The number of nitrogens with one attached hydrogen (secondary N) is 2. The van der Waals surface area contributed by atoms with Crippen molar-refractivity contribution in [2.75, 3.05) is 18.8 Å². The Morgan fingerprint density at radius 1 is 1.30 bits per heavy atom. The third kappa shape index (κ3) is 4.29. The highest BCUT2D eigenvalue weighted by Gasteiger charge is 2.42. The Morgan fingerprint density at radius 2 is 1.90 bits per heavy atom. The Kier molecular flexibility index (Phi) is 6.12. The molecule has 2 unspecified atom stereocenters. The second-order valence-electron chi connectivity index (χ2n) is 4.94. The molecule has 1 heterocycles. The van der Waals surface area contributed by atoms with Crippen molar-refractivity contribution >= 4 is 29.7 Å². The lowest BCUT2D eigenvalue weighted by Crippen LogP contribution is -2.52. The van der Waals surface area contributed by atoms with Gasteiger partial charge in [0.05, 0.1) is 5.37 Å². The Labute approximate surface area is 122 Å². The maximum atomic E-state index is 12.1. The van der Waals surface area contributed by atoms with Crippen LogP contribution in [0.4, 0.5) is 4.79 Å². The molecule has 0 spiro atoms. The van der Waals surface area contributed by atoms with E-state index in [4.69, 9.17) is 0 Å². The maximum Gasteiger partial charge on any atom is 0.327 e. The average molecular weight is 303 g/mol. The molecule has 7 nitrogen and oxygen atoms in total. The van der Waals surface area contributed by atoms with Crippen LogP contribution in [-0.2, 0) is 9.59 Å². The summed E-state index contributed by atoms with van der Waals surface area (Å²) in [6, 6.07) is -1.19. The van der Waals surface area contributed by atoms with E-state index in [1.165, 1.54) is 23.6 Å². The van der Waals surface area contributed by atoms with Crippen LogP contribution in [0.1, 0.15) is 20.8 Å². The van der Waals surface area contributed by atoms with Gasteiger partial charge in [-0.1, -0.05) is 13.8 Å². The molecule has 0 saturated carbocycles. The molecule has 20 heavy (non-hydrogen) atoms. The molecule has 1 fully saturated rings. The molecule has 3 amide bonds. The highest BCUT2D eigenvalue weighted by Crippen LogP contribution is 2.33. The van der Waals surface area contributed by atoms with Gasteiger partial charge in [-0.2, -0.15) is 0 Å².